The van der Waals surface area contributed by atoms with Crippen LogP contribution in [0.1, 0.15) is 43.4 Å². The molecule has 0 spiro atoms. The molecule has 0 saturated heterocycles. The van der Waals surface area contributed by atoms with Gasteiger partial charge in [0, 0.05) is 6.42 Å². The molecule has 0 bridgehead atoms. The molecule has 0 aliphatic rings. The maximum absolute atomic E-state index is 11.2. The van der Waals surface area contributed by atoms with Crippen molar-refractivity contribution < 1.29 is 14.3 Å². The number of carbonyl (C=O) groups excluding carboxylic acids is 1. The summed E-state index contributed by atoms with van der Waals surface area (Å²) in [7, 11) is 0. The van der Waals surface area contributed by atoms with Gasteiger partial charge >= 0.3 is 5.97 Å². The van der Waals surface area contributed by atoms with E-state index >= 15 is 0 Å². The molecule has 0 aliphatic heterocycles. The summed E-state index contributed by atoms with van der Waals surface area (Å²) in [4.78, 5) is 11.2. The van der Waals surface area contributed by atoms with E-state index in [2.05, 4.69) is 43.3 Å². The highest BCUT2D eigenvalue weighted by Gasteiger charge is 2.02. The maximum Gasteiger partial charge on any atom is 0.305 e. The van der Waals surface area contributed by atoms with E-state index in [9.17, 15) is 4.79 Å². The second-order valence-corrected chi connectivity index (χ2v) is 5.75. The molecule has 0 heterocycles. The summed E-state index contributed by atoms with van der Waals surface area (Å²) >= 11 is 0. The van der Waals surface area contributed by atoms with E-state index in [1.54, 1.807) is 0 Å². The molecular formula is C21H26O3. The fourth-order valence-electron chi connectivity index (χ4n) is 2.47. The highest BCUT2D eigenvalue weighted by atomic mass is 16.5. The molecule has 128 valence electrons. The normalized spacial score (nSPS) is 10.4. The summed E-state index contributed by atoms with van der Waals surface area (Å²) in [6.07, 6.45) is 3.07. The number of benzene rings is 2. The van der Waals surface area contributed by atoms with Crippen LogP contribution in [0.4, 0.5) is 0 Å². The molecule has 0 fully saturated rings. The minimum Gasteiger partial charge on any atom is -0.494 e. The minimum atomic E-state index is -0.162. The summed E-state index contributed by atoms with van der Waals surface area (Å²) in [6.45, 7) is 4.94. The van der Waals surface area contributed by atoms with Gasteiger partial charge in [0.05, 0.1) is 13.2 Å². The molecular weight excluding hydrogens is 300 g/mol. The highest BCUT2D eigenvalue weighted by Crippen LogP contribution is 2.16. The van der Waals surface area contributed by atoms with Gasteiger partial charge in [0.25, 0.3) is 0 Å². The topological polar surface area (TPSA) is 35.5 Å². The minimum absolute atomic E-state index is 0.162. The van der Waals surface area contributed by atoms with E-state index in [0.29, 0.717) is 26.1 Å². The zero-order valence-corrected chi connectivity index (χ0v) is 14.6. The molecule has 0 atom stereocenters. The van der Waals surface area contributed by atoms with Gasteiger partial charge in [0.1, 0.15) is 5.75 Å². The van der Waals surface area contributed by atoms with Crippen LogP contribution < -0.4 is 4.74 Å². The van der Waals surface area contributed by atoms with E-state index < -0.39 is 0 Å². The molecule has 2 aromatic rings. The van der Waals surface area contributed by atoms with Crippen LogP contribution in [0.3, 0.4) is 0 Å². The van der Waals surface area contributed by atoms with Gasteiger partial charge in [-0.1, -0.05) is 43.3 Å². The number of hydrogen-bond donors (Lipinski definition) is 0. The fourth-order valence-corrected chi connectivity index (χ4v) is 2.47. The molecule has 24 heavy (non-hydrogen) atoms. The Morgan fingerprint density at radius 1 is 0.875 bits per heavy atom. The van der Waals surface area contributed by atoms with Crippen molar-refractivity contribution in [2.75, 3.05) is 13.2 Å². The lowest BCUT2D eigenvalue weighted by Gasteiger charge is -2.08. The van der Waals surface area contributed by atoms with Gasteiger partial charge in [0.2, 0.25) is 0 Å². The Labute approximate surface area is 144 Å². The van der Waals surface area contributed by atoms with Crippen molar-refractivity contribution in [2.45, 2.75) is 39.5 Å². The molecule has 3 heteroatoms. The number of hydrogen-bond acceptors (Lipinski definition) is 3. The van der Waals surface area contributed by atoms with Crippen molar-refractivity contribution in [3.8, 4) is 5.75 Å². The fraction of sp³-hybridized carbons (Fsp3) is 0.381. The van der Waals surface area contributed by atoms with Crippen LogP contribution in [0.25, 0.3) is 0 Å². The van der Waals surface area contributed by atoms with Crippen molar-refractivity contribution in [2.24, 2.45) is 0 Å². The second-order valence-electron chi connectivity index (χ2n) is 5.75. The molecule has 0 unspecified atom stereocenters. The van der Waals surface area contributed by atoms with Crippen LogP contribution >= 0.6 is 0 Å². The van der Waals surface area contributed by atoms with Crippen molar-refractivity contribution in [1.82, 2.24) is 0 Å². The van der Waals surface area contributed by atoms with E-state index in [1.807, 2.05) is 19.1 Å². The van der Waals surface area contributed by atoms with Crippen LogP contribution in [0.15, 0.2) is 48.5 Å². The SMILES string of the molecule is CCOC(=O)CCCOc1ccc(Cc2ccc(CC)cc2)cc1. The first kappa shape index (κ1) is 18.1. The third-order valence-electron chi connectivity index (χ3n) is 3.86. The summed E-state index contributed by atoms with van der Waals surface area (Å²) in [5.41, 5.74) is 3.94. The molecule has 0 aromatic heterocycles. The predicted octanol–water partition coefficient (Wildman–Crippen LogP) is 4.56. The Morgan fingerprint density at radius 2 is 1.46 bits per heavy atom. The van der Waals surface area contributed by atoms with Crippen LogP contribution in [0.5, 0.6) is 5.75 Å². The van der Waals surface area contributed by atoms with Crippen molar-refractivity contribution in [3.05, 3.63) is 65.2 Å². The van der Waals surface area contributed by atoms with Crippen molar-refractivity contribution in [3.63, 3.8) is 0 Å². The lowest BCUT2D eigenvalue weighted by atomic mass is 10.0. The summed E-state index contributed by atoms with van der Waals surface area (Å²) < 4.78 is 10.5. The van der Waals surface area contributed by atoms with Crippen LogP contribution in [-0.4, -0.2) is 19.2 Å². The third kappa shape index (κ3) is 6.07. The van der Waals surface area contributed by atoms with Gasteiger partial charge in [-0.2, -0.15) is 0 Å². The van der Waals surface area contributed by atoms with Crippen molar-refractivity contribution in [1.29, 1.82) is 0 Å². The number of aryl methyl sites for hydroxylation is 1. The Kier molecular flexibility index (Phi) is 7.34. The predicted molar refractivity (Wildman–Crippen MR) is 96.4 cm³/mol. The van der Waals surface area contributed by atoms with E-state index in [4.69, 9.17) is 9.47 Å². The van der Waals surface area contributed by atoms with Gasteiger partial charge in [0.15, 0.2) is 0 Å². The lowest BCUT2D eigenvalue weighted by Crippen LogP contribution is -2.06. The van der Waals surface area contributed by atoms with Crippen LogP contribution in [0, 0.1) is 0 Å². The third-order valence-corrected chi connectivity index (χ3v) is 3.86. The van der Waals surface area contributed by atoms with Gasteiger partial charge in [-0.3, -0.25) is 4.79 Å². The number of ether oxygens (including phenoxy) is 2. The Bertz CT molecular complexity index is 615. The average Bonchev–Trinajstić information content (AvgIpc) is 2.61. The zero-order chi connectivity index (χ0) is 17.2. The van der Waals surface area contributed by atoms with E-state index in [1.165, 1.54) is 16.7 Å². The number of esters is 1. The largest absolute Gasteiger partial charge is 0.494 e. The van der Waals surface area contributed by atoms with E-state index in [0.717, 1.165) is 18.6 Å². The van der Waals surface area contributed by atoms with E-state index in [-0.39, 0.29) is 5.97 Å². The smallest absolute Gasteiger partial charge is 0.305 e. The second kappa shape index (κ2) is 9.76. The Morgan fingerprint density at radius 3 is 2.04 bits per heavy atom. The quantitative estimate of drug-likeness (QED) is 0.500. The molecule has 0 aliphatic carbocycles. The van der Waals surface area contributed by atoms with Crippen LogP contribution in [-0.2, 0) is 22.4 Å². The molecule has 0 radical (unpaired) electrons. The number of rotatable bonds is 9. The Balaban J connectivity index is 1.76. The average molecular weight is 326 g/mol. The standard InChI is InChI=1S/C21H26O3/c1-3-17-7-9-18(10-8-17)16-19-11-13-20(14-12-19)24-15-5-6-21(22)23-4-2/h7-14H,3-6,15-16H2,1-2H3. The monoisotopic (exact) mass is 326 g/mol. The Hall–Kier alpha value is -2.29. The zero-order valence-electron chi connectivity index (χ0n) is 14.6. The molecule has 2 aromatic carbocycles. The molecule has 0 amide bonds. The van der Waals surface area contributed by atoms with Gasteiger partial charge < -0.3 is 9.47 Å². The molecule has 0 saturated carbocycles. The summed E-state index contributed by atoms with van der Waals surface area (Å²) in [6, 6.07) is 16.9. The summed E-state index contributed by atoms with van der Waals surface area (Å²) in [5, 5.41) is 0. The van der Waals surface area contributed by atoms with Crippen LogP contribution in [0.2, 0.25) is 0 Å². The highest BCUT2D eigenvalue weighted by molar-refractivity contribution is 5.69. The van der Waals surface area contributed by atoms with Gasteiger partial charge in [-0.25, -0.2) is 0 Å². The van der Waals surface area contributed by atoms with Gasteiger partial charge in [-0.15, -0.1) is 0 Å². The summed E-state index contributed by atoms with van der Waals surface area (Å²) in [5.74, 6) is 0.675. The first-order chi connectivity index (χ1) is 11.7. The first-order valence-electron chi connectivity index (χ1n) is 8.66. The maximum atomic E-state index is 11.2. The molecule has 3 nitrogen and oxygen atoms in total. The van der Waals surface area contributed by atoms with Crippen molar-refractivity contribution >= 4 is 5.97 Å². The molecule has 0 N–H and O–H groups in total. The first-order valence-corrected chi connectivity index (χ1v) is 8.66. The molecule has 2 rings (SSSR count). The van der Waals surface area contributed by atoms with Gasteiger partial charge in [-0.05, 0) is 55.0 Å². The lowest BCUT2D eigenvalue weighted by molar-refractivity contribution is -0.143. The number of carbonyl (C=O) groups is 1.